The summed E-state index contributed by atoms with van der Waals surface area (Å²) < 4.78 is 22.9. The highest BCUT2D eigenvalue weighted by atomic mass is 32.2. The number of aliphatic carboxylic acids is 1. The molecule has 0 spiro atoms. The number of amides is 1. The molecule has 0 aliphatic heterocycles. The molecule has 21 heavy (non-hydrogen) atoms. The molecule has 1 aromatic carbocycles. The summed E-state index contributed by atoms with van der Waals surface area (Å²) >= 11 is 0. The van der Waals surface area contributed by atoms with Gasteiger partial charge < -0.3 is 10.4 Å². The molecule has 0 aliphatic carbocycles. The summed E-state index contributed by atoms with van der Waals surface area (Å²) in [5.41, 5.74) is 0.193. The molecule has 1 aromatic rings. The van der Waals surface area contributed by atoms with Crippen molar-refractivity contribution in [3.8, 4) is 0 Å². The van der Waals surface area contributed by atoms with Gasteiger partial charge in [-0.3, -0.25) is 9.59 Å². The number of sulfone groups is 1. The number of benzene rings is 1. The van der Waals surface area contributed by atoms with Crippen molar-refractivity contribution in [2.24, 2.45) is 5.92 Å². The average Bonchev–Trinajstić information content (AvgIpc) is 2.42. The van der Waals surface area contributed by atoms with Gasteiger partial charge in [0.1, 0.15) is 0 Å². The third-order valence-electron chi connectivity index (χ3n) is 3.02. The highest BCUT2D eigenvalue weighted by Gasteiger charge is 2.18. The van der Waals surface area contributed by atoms with Gasteiger partial charge in [0.15, 0.2) is 9.84 Å². The summed E-state index contributed by atoms with van der Waals surface area (Å²) in [6, 6.07) is 5.65. The van der Waals surface area contributed by atoms with Crippen LogP contribution in [0, 0.1) is 5.92 Å². The second kappa shape index (κ2) is 7.21. The Morgan fingerprint density at radius 1 is 1.33 bits per heavy atom. The van der Waals surface area contributed by atoms with E-state index >= 15 is 0 Å². The van der Waals surface area contributed by atoms with Crippen LogP contribution in [-0.2, 0) is 14.6 Å². The molecule has 0 radical (unpaired) electrons. The molecular weight excluding hydrogens is 294 g/mol. The molecule has 1 atom stereocenters. The first kappa shape index (κ1) is 17.2. The second-order valence-electron chi connectivity index (χ2n) is 4.83. The summed E-state index contributed by atoms with van der Waals surface area (Å²) in [6.07, 6.45) is 2.24. The Morgan fingerprint density at radius 3 is 2.52 bits per heavy atom. The van der Waals surface area contributed by atoms with Gasteiger partial charge in [-0.2, -0.15) is 0 Å². The van der Waals surface area contributed by atoms with Crippen LogP contribution in [0.3, 0.4) is 0 Å². The van der Waals surface area contributed by atoms with E-state index in [0.29, 0.717) is 12.8 Å². The van der Waals surface area contributed by atoms with Crippen LogP contribution in [-0.4, -0.2) is 38.2 Å². The lowest BCUT2D eigenvalue weighted by Gasteiger charge is -2.12. The van der Waals surface area contributed by atoms with Gasteiger partial charge in [-0.05, 0) is 24.6 Å². The zero-order valence-electron chi connectivity index (χ0n) is 12.0. The number of rotatable bonds is 7. The zero-order valence-corrected chi connectivity index (χ0v) is 12.8. The number of hydrogen-bond acceptors (Lipinski definition) is 4. The number of carbonyl (C=O) groups excluding carboxylic acids is 1. The monoisotopic (exact) mass is 313 g/mol. The van der Waals surface area contributed by atoms with Gasteiger partial charge in [0.2, 0.25) is 0 Å². The summed E-state index contributed by atoms with van der Waals surface area (Å²) in [4.78, 5) is 23.0. The average molecular weight is 313 g/mol. The molecule has 6 nitrogen and oxygen atoms in total. The normalized spacial score (nSPS) is 12.7. The number of nitrogens with one attached hydrogen (secondary N) is 1. The van der Waals surface area contributed by atoms with Crippen LogP contribution >= 0.6 is 0 Å². The highest BCUT2D eigenvalue weighted by molar-refractivity contribution is 7.90. The number of carboxylic acids is 1. The Bertz CT molecular complexity index is 624. The van der Waals surface area contributed by atoms with Gasteiger partial charge in [0.25, 0.3) is 5.91 Å². The van der Waals surface area contributed by atoms with Crippen molar-refractivity contribution in [3.63, 3.8) is 0 Å². The Labute approximate surface area is 124 Å². The van der Waals surface area contributed by atoms with Crippen molar-refractivity contribution in [1.82, 2.24) is 5.32 Å². The van der Waals surface area contributed by atoms with Crippen LogP contribution in [0.2, 0.25) is 0 Å². The summed E-state index contributed by atoms with van der Waals surface area (Å²) in [6.45, 7) is 1.89. The zero-order chi connectivity index (χ0) is 16.0. The molecule has 0 heterocycles. The fourth-order valence-corrected chi connectivity index (χ4v) is 2.51. The maximum atomic E-state index is 12.0. The van der Waals surface area contributed by atoms with Crippen LogP contribution in [0.15, 0.2) is 29.2 Å². The molecule has 0 saturated carbocycles. The van der Waals surface area contributed by atoms with Crippen molar-refractivity contribution in [1.29, 1.82) is 0 Å². The third kappa shape index (κ3) is 5.18. The molecule has 1 unspecified atom stereocenters. The van der Waals surface area contributed by atoms with Gasteiger partial charge >= 0.3 is 5.97 Å². The fraction of sp³-hybridized carbons (Fsp3) is 0.429. The quantitative estimate of drug-likeness (QED) is 0.790. The Kier molecular flexibility index (Phi) is 5.90. The molecule has 0 fully saturated rings. The van der Waals surface area contributed by atoms with E-state index in [4.69, 9.17) is 5.11 Å². The van der Waals surface area contributed by atoms with Crippen molar-refractivity contribution < 1.29 is 23.1 Å². The largest absolute Gasteiger partial charge is 0.481 e. The predicted molar refractivity (Wildman–Crippen MR) is 77.9 cm³/mol. The Hall–Kier alpha value is -1.89. The van der Waals surface area contributed by atoms with Crippen molar-refractivity contribution in [2.45, 2.75) is 24.7 Å². The smallest absolute Gasteiger partial charge is 0.308 e. The molecule has 116 valence electrons. The molecule has 7 heteroatoms. The first-order valence-corrected chi connectivity index (χ1v) is 8.46. The van der Waals surface area contributed by atoms with Crippen molar-refractivity contribution in [3.05, 3.63) is 29.8 Å². The van der Waals surface area contributed by atoms with Crippen LogP contribution in [0.1, 0.15) is 30.1 Å². The van der Waals surface area contributed by atoms with E-state index in [-0.39, 0.29) is 17.0 Å². The summed E-state index contributed by atoms with van der Waals surface area (Å²) in [5.74, 6) is -2.08. The lowest BCUT2D eigenvalue weighted by atomic mass is 10.0. The van der Waals surface area contributed by atoms with Gasteiger partial charge in [-0.15, -0.1) is 0 Å². The predicted octanol–water partition coefficient (Wildman–Crippen LogP) is 1.32. The lowest BCUT2D eigenvalue weighted by molar-refractivity contribution is -0.141. The minimum Gasteiger partial charge on any atom is -0.481 e. The van der Waals surface area contributed by atoms with E-state index in [9.17, 15) is 18.0 Å². The van der Waals surface area contributed by atoms with E-state index in [1.807, 2.05) is 6.92 Å². The Morgan fingerprint density at radius 2 is 2.00 bits per heavy atom. The minimum atomic E-state index is -3.39. The van der Waals surface area contributed by atoms with E-state index in [2.05, 4.69) is 5.32 Å². The molecule has 2 N–H and O–H groups in total. The number of carbonyl (C=O) groups is 2. The standard InChI is InChI=1S/C14H19NO5S/c1-3-5-11(14(17)18)9-15-13(16)10-6-4-7-12(8-10)21(2,19)20/h4,6-8,11H,3,5,9H2,1-2H3,(H,15,16)(H,17,18). The van der Waals surface area contributed by atoms with Gasteiger partial charge in [-0.1, -0.05) is 19.4 Å². The molecule has 0 bridgehead atoms. The van der Waals surface area contributed by atoms with Crippen LogP contribution < -0.4 is 5.32 Å². The molecule has 1 rings (SSSR count). The highest BCUT2D eigenvalue weighted by Crippen LogP contribution is 2.12. The van der Waals surface area contributed by atoms with E-state index in [0.717, 1.165) is 6.26 Å². The van der Waals surface area contributed by atoms with Crippen LogP contribution in [0.25, 0.3) is 0 Å². The fourth-order valence-electron chi connectivity index (χ4n) is 1.85. The van der Waals surface area contributed by atoms with Gasteiger partial charge in [-0.25, -0.2) is 8.42 Å². The molecule has 0 saturated heterocycles. The maximum absolute atomic E-state index is 12.0. The molecule has 0 aromatic heterocycles. The molecular formula is C14H19NO5S. The summed E-state index contributed by atoms with van der Waals surface area (Å²) in [7, 11) is -3.39. The van der Waals surface area contributed by atoms with Crippen LogP contribution in [0.5, 0.6) is 0 Å². The second-order valence-corrected chi connectivity index (χ2v) is 6.85. The molecule has 0 aliphatic rings. The SMILES string of the molecule is CCCC(CNC(=O)c1cccc(S(C)(=O)=O)c1)C(=O)O. The van der Waals surface area contributed by atoms with E-state index < -0.39 is 27.6 Å². The lowest BCUT2D eigenvalue weighted by Crippen LogP contribution is -2.33. The number of carboxylic acid groups (broad SMARTS) is 1. The summed E-state index contributed by atoms with van der Waals surface area (Å²) in [5, 5.41) is 11.5. The third-order valence-corrected chi connectivity index (χ3v) is 4.13. The van der Waals surface area contributed by atoms with Gasteiger partial charge in [0.05, 0.1) is 10.8 Å². The van der Waals surface area contributed by atoms with E-state index in [1.54, 1.807) is 0 Å². The first-order valence-electron chi connectivity index (χ1n) is 6.56. The number of hydrogen-bond donors (Lipinski definition) is 2. The van der Waals surface area contributed by atoms with E-state index in [1.165, 1.54) is 24.3 Å². The topological polar surface area (TPSA) is 101 Å². The maximum Gasteiger partial charge on any atom is 0.308 e. The Balaban J connectivity index is 2.78. The molecule has 1 amide bonds. The van der Waals surface area contributed by atoms with Gasteiger partial charge in [0, 0.05) is 18.4 Å². The van der Waals surface area contributed by atoms with Crippen molar-refractivity contribution >= 4 is 21.7 Å². The van der Waals surface area contributed by atoms with Crippen LogP contribution in [0.4, 0.5) is 0 Å². The van der Waals surface area contributed by atoms with Crippen molar-refractivity contribution in [2.75, 3.05) is 12.8 Å². The minimum absolute atomic E-state index is 0.0190. The first-order chi connectivity index (χ1) is 9.75.